The number of benzene rings is 2. The Labute approximate surface area is 128 Å². The predicted molar refractivity (Wildman–Crippen MR) is 81.2 cm³/mol. The number of hydrogen-bond donors (Lipinski definition) is 0. The third kappa shape index (κ3) is 4.43. The lowest BCUT2D eigenvalue weighted by Gasteiger charge is -2.18. The van der Waals surface area contributed by atoms with Crippen molar-refractivity contribution in [2.24, 2.45) is 0 Å². The van der Waals surface area contributed by atoms with Crippen LogP contribution in [0.2, 0.25) is 0 Å². The van der Waals surface area contributed by atoms with E-state index < -0.39 is 12.1 Å². The van der Waals surface area contributed by atoms with E-state index >= 15 is 0 Å². The molecule has 0 aliphatic rings. The molecule has 0 heterocycles. The van der Waals surface area contributed by atoms with E-state index in [1.54, 1.807) is 0 Å². The van der Waals surface area contributed by atoms with Gasteiger partial charge in [-0.2, -0.15) is 0 Å². The van der Waals surface area contributed by atoms with Crippen LogP contribution in [-0.4, -0.2) is 17.6 Å². The van der Waals surface area contributed by atoms with Gasteiger partial charge in [-0.15, -0.1) is 11.6 Å². The van der Waals surface area contributed by atoms with Gasteiger partial charge in [0.1, 0.15) is 6.42 Å². The molecule has 0 atom stereocenters. The molecule has 0 radical (unpaired) electrons. The van der Waals surface area contributed by atoms with Crippen molar-refractivity contribution in [3.63, 3.8) is 0 Å². The number of esters is 1. The Bertz CT molecular complexity index is 556. The van der Waals surface area contributed by atoms with E-state index in [4.69, 9.17) is 16.3 Å². The van der Waals surface area contributed by atoms with Gasteiger partial charge >= 0.3 is 5.97 Å². The average molecular weight is 303 g/mol. The molecule has 2 aromatic carbocycles. The van der Waals surface area contributed by atoms with Crippen molar-refractivity contribution < 1.29 is 14.3 Å². The van der Waals surface area contributed by atoms with E-state index in [1.165, 1.54) is 0 Å². The standard InChI is InChI=1S/C17H15ClO3/c18-12-15(19)11-16(20)21-17(13-7-3-1-4-8-13)14-9-5-2-6-10-14/h1-10,17H,11-12H2. The largest absolute Gasteiger partial charge is 0.452 e. The van der Waals surface area contributed by atoms with Crippen molar-refractivity contribution in [1.82, 2.24) is 0 Å². The molecule has 4 heteroatoms. The van der Waals surface area contributed by atoms with Crippen LogP contribution in [0.5, 0.6) is 0 Å². The number of hydrogen-bond acceptors (Lipinski definition) is 3. The molecule has 0 saturated heterocycles. The topological polar surface area (TPSA) is 43.4 Å². The van der Waals surface area contributed by atoms with Crippen LogP contribution < -0.4 is 0 Å². The second-order valence-corrected chi connectivity index (χ2v) is 4.81. The van der Waals surface area contributed by atoms with Crippen LogP contribution in [0.4, 0.5) is 0 Å². The molecule has 0 aliphatic heterocycles. The molecule has 108 valence electrons. The molecule has 2 aromatic rings. The normalized spacial score (nSPS) is 10.4. The minimum Gasteiger partial charge on any atom is -0.452 e. The first kappa shape index (κ1) is 15.3. The van der Waals surface area contributed by atoms with E-state index in [2.05, 4.69) is 0 Å². The van der Waals surface area contributed by atoms with Gasteiger partial charge in [0, 0.05) is 0 Å². The van der Waals surface area contributed by atoms with Gasteiger partial charge in [-0.05, 0) is 11.1 Å². The summed E-state index contributed by atoms with van der Waals surface area (Å²) in [4.78, 5) is 23.1. The van der Waals surface area contributed by atoms with Crippen LogP contribution in [0.15, 0.2) is 60.7 Å². The number of Topliss-reactive ketones (excluding diaryl/α,β-unsaturated/α-hetero) is 1. The van der Waals surface area contributed by atoms with Gasteiger partial charge in [-0.3, -0.25) is 9.59 Å². The summed E-state index contributed by atoms with van der Waals surface area (Å²) in [5, 5.41) is 0. The molecule has 0 saturated carbocycles. The summed E-state index contributed by atoms with van der Waals surface area (Å²) < 4.78 is 5.48. The summed E-state index contributed by atoms with van der Waals surface area (Å²) in [5.74, 6) is -1.10. The molecule has 0 bridgehead atoms. The fourth-order valence-electron chi connectivity index (χ4n) is 1.97. The number of carbonyl (C=O) groups excluding carboxylic acids is 2. The summed E-state index contributed by atoms with van der Waals surface area (Å²) in [6, 6.07) is 18.8. The zero-order valence-electron chi connectivity index (χ0n) is 11.4. The monoisotopic (exact) mass is 302 g/mol. The highest BCUT2D eigenvalue weighted by atomic mass is 35.5. The lowest BCUT2D eigenvalue weighted by Crippen LogP contribution is -2.16. The summed E-state index contributed by atoms with van der Waals surface area (Å²) in [7, 11) is 0. The van der Waals surface area contributed by atoms with E-state index in [1.807, 2.05) is 60.7 Å². The molecule has 0 aromatic heterocycles. The van der Waals surface area contributed by atoms with Gasteiger partial charge in [0.25, 0.3) is 0 Å². The minimum absolute atomic E-state index is 0.184. The molecule has 0 aliphatic carbocycles. The number of halogens is 1. The number of carbonyl (C=O) groups is 2. The van der Waals surface area contributed by atoms with Crippen molar-refractivity contribution in [2.75, 3.05) is 5.88 Å². The van der Waals surface area contributed by atoms with Crippen molar-refractivity contribution in [3.05, 3.63) is 71.8 Å². The lowest BCUT2D eigenvalue weighted by molar-refractivity contribution is -0.149. The molecule has 2 rings (SSSR count). The highest BCUT2D eigenvalue weighted by molar-refractivity contribution is 6.28. The number of alkyl halides is 1. The highest BCUT2D eigenvalue weighted by Crippen LogP contribution is 2.26. The smallest absolute Gasteiger partial charge is 0.314 e. The van der Waals surface area contributed by atoms with Crippen LogP contribution in [0.1, 0.15) is 23.7 Å². The Kier molecular flexibility index (Phi) is 5.52. The van der Waals surface area contributed by atoms with Crippen LogP contribution in [0.3, 0.4) is 0 Å². The van der Waals surface area contributed by atoms with Gasteiger partial charge < -0.3 is 4.74 Å². The fourth-order valence-corrected chi connectivity index (χ4v) is 2.06. The summed E-state index contributed by atoms with van der Waals surface area (Å²) in [5.41, 5.74) is 1.71. The van der Waals surface area contributed by atoms with Crippen LogP contribution in [-0.2, 0) is 14.3 Å². The maximum atomic E-state index is 11.9. The molecule has 0 unspecified atom stereocenters. The summed E-state index contributed by atoms with van der Waals surface area (Å²) in [6.07, 6.45) is -0.831. The molecule has 3 nitrogen and oxygen atoms in total. The second kappa shape index (κ2) is 7.60. The molecule has 0 N–H and O–H groups in total. The van der Waals surface area contributed by atoms with Gasteiger partial charge in [0.05, 0.1) is 5.88 Å². The minimum atomic E-state index is -0.571. The Morgan fingerprint density at radius 1 is 0.905 bits per heavy atom. The Morgan fingerprint density at radius 2 is 1.38 bits per heavy atom. The van der Waals surface area contributed by atoms with E-state index in [0.29, 0.717) is 0 Å². The van der Waals surface area contributed by atoms with E-state index in [9.17, 15) is 9.59 Å². The molecule has 0 amide bonds. The van der Waals surface area contributed by atoms with Crippen LogP contribution in [0.25, 0.3) is 0 Å². The van der Waals surface area contributed by atoms with Gasteiger partial charge in [-0.25, -0.2) is 0 Å². The van der Waals surface area contributed by atoms with Crippen molar-refractivity contribution in [2.45, 2.75) is 12.5 Å². The average Bonchev–Trinajstić information content (AvgIpc) is 2.54. The molecule has 21 heavy (non-hydrogen) atoms. The summed E-state index contributed by atoms with van der Waals surface area (Å²) >= 11 is 5.41. The third-order valence-corrected chi connectivity index (χ3v) is 3.24. The number of ether oxygens (including phenoxy) is 1. The van der Waals surface area contributed by atoms with E-state index in [0.717, 1.165) is 11.1 Å². The quantitative estimate of drug-likeness (QED) is 0.466. The molecule has 0 fully saturated rings. The number of rotatable bonds is 6. The van der Waals surface area contributed by atoms with Crippen LogP contribution in [0, 0.1) is 0 Å². The summed E-state index contributed by atoms with van der Waals surface area (Å²) in [6.45, 7) is 0. The Balaban J connectivity index is 2.21. The number of ketones is 1. The first-order valence-electron chi connectivity index (χ1n) is 6.57. The predicted octanol–water partition coefficient (Wildman–Crippen LogP) is 3.52. The fraction of sp³-hybridized carbons (Fsp3) is 0.176. The first-order chi connectivity index (χ1) is 10.2. The molecule has 0 spiro atoms. The third-order valence-electron chi connectivity index (χ3n) is 2.94. The molecular formula is C17H15ClO3. The lowest BCUT2D eigenvalue weighted by atomic mass is 10.0. The first-order valence-corrected chi connectivity index (χ1v) is 7.11. The van der Waals surface area contributed by atoms with Crippen molar-refractivity contribution >= 4 is 23.4 Å². The van der Waals surface area contributed by atoms with E-state index in [-0.39, 0.29) is 18.1 Å². The zero-order valence-corrected chi connectivity index (χ0v) is 12.1. The van der Waals surface area contributed by atoms with Crippen molar-refractivity contribution in [3.8, 4) is 0 Å². The van der Waals surface area contributed by atoms with Crippen molar-refractivity contribution in [1.29, 1.82) is 0 Å². The zero-order chi connectivity index (χ0) is 15.1. The molecular weight excluding hydrogens is 288 g/mol. The van der Waals surface area contributed by atoms with Gasteiger partial charge in [-0.1, -0.05) is 60.7 Å². The highest BCUT2D eigenvalue weighted by Gasteiger charge is 2.20. The maximum absolute atomic E-state index is 11.9. The second-order valence-electron chi connectivity index (χ2n) is 4.54. The van der Waals surface area contributed by atoms with Gasteiger partial charge in [0.15, 0.2) is 11.9 Å². The van der Waals surface area contributed by atoms with Gasteiger partial charge in [0.2, 0.25) is 0 Å². The Hall–Kier alpha value is -2.13. The maximum Gasteiger partial charge on any atom is 0.314 e. The van der Waals surface area contributed by atoms with Crippen LogP contribution >= 0.6 is 11.6 Å². The Morgan fingerprint density at radius 3 is 1.81 bits per heavy atom. The SMILES string of the molecule is O=C(CCl)CC(=O)OC(c1ccccc1)c1ccccc1.